The van der Waals surface area contributed by atoms with Crippen LogP contribution in [0.4, 0.5) is 20.2 Å². The van der Waals surface area contributed by atoms with E-state index in [2.05, 4.69) is 20.5 Å². The molecule has 2 rings (SSSR count). The fourth-order valence-corrected chi connectivity index (χ4v) is 1.67. The van der Waals surface area contributed by atoms with Gasteiger partial charge in [0.1, 0.15) is 12.2 Å². The molecule has 0 atom stereocenters. The van der Waals surface area contributed by atoms with Crippen LogP contribution in [0.15, 0.2) is 24.5 Å². The largest absolute Gasteiger partial charge is 0.384 e. The van der Waals surface area contributed by atoms with Crippen LogP contribution >= 0.6 is 0 Å². The second kappa shape index (κ2) is 6.04. The molecule has 2 N–H and O–H groups in total. The maximum atomic E-state index is 12.9. The Hall–Kier alpha value is -2.58. The number of non-ortho nitro benzene ring substituents is 1. The molecule has 7 nitrogen and oxygen atoms in total. The third-order valence-electron chi connectivity index (χ3n) is 2.62. The number of benzene rings is 1. The van der Waals surface area contributed by atoms with Gasteiger partial charge in [0, 0.05) is 36.3 Å². The average molecular weight is 283 g/mol. The fourth-order valence-electron chi connectivity index (χ4n) is 1.67. The van der Waals surface area contributed by atoms with Crippen molar-refractivity contribution in [3.63, 3.8) is 0 Å². The van der Waals surface area contributed by atoms with E-state index < -0.39 is 16.9 Å². The van der Waals surface area contributed by atoms with E-state index in [0.717, 1.165) is 6.07 Å². The van der Waals surface area contributed by atoms with Gasteiger partial charge in [0.05, 0.1) is 4.92 Å². The minimum Gasteiger partial charge on any atom is -0.384 e. The van der Waals surface area contributed by atoms with E-state index >= 15 is 0 Å². The van der Waals surface area contributed by atoms with E-state index in [-0.39, 0.29) is 11.4 Å². The number of rotatable bonds is 6. The predicted octanol–water partition coefficient (Wildman–Crippen LogP) is 2.31. The Balaban J connectivity index is 2.08. The Morgan fingerprint density at radius 2 is 2.25 bits per heavy atom. The molecule has 2 aromatic rings. The molecule has 0 saturated heterocycles. The number of hydrogen-bond donors (Lipinski definition) is 2. The number of alkyl halides is 2. The molecule has 0 saturated carbocycles. The molecule has 106 valence electrons. The Morgan fingerprint density at radius 3 is 2.85 bits per heavy atom. The molecule has 1 heterocycles. The van der Waals surface area contributed by atoms with Crippen molar-refractivity contribution in [1.29, 1.82) is 0 Å². The van der Waals surface area contributed by atoms with Crippen molar-refractivity contribution >= 4 is 11.4 Å². The Labute approximate surface area is 112 Å². The minimum atomic E-state index is -2.79. The summed E-state index contributed by atoms with van der Waals surface area (Å²) < 4.78 is 25.8. The standard InChI is InChI=1S/C11H11F2N5O2/c12-11(13)8-5-7(18(19)20)1-2-9(8)14-4-3-10-15-6-16-17-10/h1-2,5-6,11,14H,3-4H2,(H,15,16,17). The second-order valence-electron chi connectivity index (χ2n) is 3.94. The number of nitrogens with one attached hydrogen (secondary N) is 2. The van der Waals surface area contributed by atoms with Crippen LogP contribution in [0.1, 0.15) is 17.8 Å². The van der Waals surface area contributed by atoms with E-state index in [4.69, 9.17) is 0 Å². The number of H-pyrrole nitrogens is 1. The first-order valence-corrected chi connectivity index (χ1v) is 5.72. The summed E-state index contributed by atoms with van der Waals surface area (Å²) in [7, 11) is 0. The summed E-state index contributed by atoms with van der Waals surface area (Å²) in [4.78, 5) is 13.8. The van der Waals surface area contributed by atoms with E-state index in [1.165, 1.54) is 18.5 Å². The van der Waals surface area contributed by atoms with Gasteiger partial charge in [-0.3, -0.25) is 15.2 Å². The fraction of sp³-hybridized carbons (Fsp3) is 0.273. The first kappa shape index (κ1) is 13.8. The third kappa shape index (κ3) is 3.25. The van der Waals surface area contributed by atoms with Crippen LogP contribution in [-0.4, -0.2) is 26.6 Å². The highest BCUT2D eigenvalue weighted by molar-refractivity contribution is 5.56. The molecule has 0 unspecified atom stereocenters. The lowest BCUT2D eigenvalue weighted by molar-refractivity contribution is -0.385. The van der Waals surface area contributed by atoms with E-state index in [1.807, 2.05) is 0 Å². The number of halogens is 2. The third-order valence-corrected chi connectivity index (χ3v) is 2.62. The molecular weight excluding hydrogens is 272 g/mol. The van der Waals surface area contributed by atoms with Crippen molar-refractivity contribution in [3.8, 4) is 0 Å². The number of anilines is 1. The van der Waals surface area contributed by atoms with Crippen LogP contribution in [-0.2, 0) is 6.42 Å². The van der Waals surface area contributed by atoms with Gasteiger partial charge in [0.15, 0.2) is 0 Å². The van der Waals surface area contributed by atoms with Crippen LogP contribution in [0.5, 0.6) is 0 Å². The summed E-state index contributed by atoms with van der Waals surface area (Å²) >= 11 is 0. The van der Waals surface area contributed by atoms with Crippen LogP contribution < -0.4 is 5.32 Å². The number of nitro groups is 1. The summed E-state index contributed by atoms with van der Waals surface area (Å²) in [6.45, 7) is 0.354. The first-order chi connectivity index (χ1) is 9.58. The van der Waals surface area contributed by atoms with Crippen LogP contribution in [0, 0.1) is 10.1 Å². The molecule has 1 aromatic carbocycles. The van der Waals surface area contributed by atoms with Gasteiger partial charge in [-0.05, 0) is 6.07 Å². The summed E-state index contributed by atoms with van der Waals surface area (Å²) in [5.41, 5.74) is -0.581. The summed E-state index contributed by atoms with van der Waals surface area (Å²) in [5.74, 6) is 0.623. The maximum absolute atomic E-state index is 12.9. The predicted molar refractivity (Wildman–Crippen MR) is 66.6 cm³/mol. The maximum Gasteiger partial charge on any atom is 0.270 e. The molecule has 0 spiro atoms. The second-order valence-corrected chi connectivity index (χ2v) is 3.94. The molecule has 0 aliphatic carbocycles. The van der Waals surface area contributed by atoms with Gasteiger partial charge in [-0.2, -0.15) is 5.10 Å². The normalized spacial score (nSPS) is 10.8. The van der Waals surface area contributed by atoms with Crippen LogP contribution in [0.25, 0.3) is 0 Å². The monoisotopic (exact) mass is 283 g/mol. The van der Waals surface area contributed by atoms with Gasteiger partial charge >= 0.3 is 0 Å². The lowest BCUT2D eigenvalue weighted by Crippen LogP contribution is -2.08. The first-order valence-electron chi connectivity index (χ1n) is 5.72. The van der Waals surface area contributed by atoms with Crippen LogP contribution in [0.3, 0.4) is 0 Å². The van der Waals surface area contributed by atoms with Crippen molar-refractivity contribution in [2.75, 3.05) is 11.9 Å². The summed E-state index contributed by atoms with van der Waals surface area (Å²) in [6.07, 6.45) is -0.964. The molecule has 20 heavy (non-hydrogen) atoms. The zero-order chi connectivity index (χ0) is 14.5. The highest BCUT2D eigenvalue weighted by atomic mass is 19.3. The number of nitrogens with zero attached hydrogens (tertiary/aromatic N) is 3. The van der Waals surface area contributed by atoms with Crippen molar-refractivity contribution in [1.82, 2.24) is 15.2 Å². The smallest absolute Gasteiger partial charge is 0.270 e. The Morgan fingerprint density at radius 1 is 1.45 bits per heavy atom. The average Bonchev–Trinajstić information content (AvgIpc) is 2.91. The van der Waals surface area contributed by atoms with Crippen LogP contribution in [0.2, 0.25) is 0 Å². The van der Waals surface area contributed by atoms with Gasteiger partial charge in [0.25, 0.3) is 12.1 Å². The van der Waals surface area contributed by atoms with E-state index in [1.54, 1.807) is 0 Å². The number of aromatic amines is 1. The Kier molecular flexibility index (Phi) is 4.18. The lowest BCUT2D eigenvalue weighted by Gasteiger charge is -2.10. The van der Waals surface area contributed by atoms with Gasteiger partial charge in [-0.1, -0.05) is 0 Å². The van der Waals surface area contributed by atoms with Crippen molar-refractivity contribution < 1.29 is 13.7 Å². The van der Waals surface area contributed by atoms with Crippen molar-refractivity contribution in [2.24, 2.45) is 0 Å². The van der Waals surface area contributed by atoms with Gasteiger partial charge in [-0.25, -0.2) is 13.8 Å². The zero-order valence-corrected chi connectivity index (χ0v) is 10.2. The van der Waals surface area contributed by atoms with E-state index in [0.29, 0.717) is 18.8 Å². The number of aromatic nitrogens is 3. The quantitative estimate of drug-likeness (QED) is 0.626. The minimum absolute atomic E-state index is 0.171. The van der Waals surface area contributed by atoms with Gasteiger partial charge < -0.3 is 5.32 Å². The summed E-state index contributed by atoms with van der Waals surface area (Å²) in [5, 5.41) is 19.7. The molecular formula is C11H11F2N5O2. The lowest BCUT2D eigenvalue weighted by atomic mass is 10.1. The molecule has 0 radical (unpaired) electrons. The number of nitro benzene ring substituents is 1. The van der Waals surface area contributed by atoms with Crippen molar-refractivity contribution in [2.45, 2.75) is 12.8 Å². The highest BCUT2D eigenvalue weighted by Gasteiger charge is 2.17. The Bertz CT molecular complexity index is 589. The molecule has 1 aromatic heterocycles. The molecule has 0 fully saturated rings. The molecule has 0 aliphatic rings. The molecule has 9 heteroatoms. The topological polar surface area (TPSA) is 96.7 Å². The zero-order valence-electron chi connectivity index (χ0n) is 10.2. The highest BCUT2D eigenvalue weighted by Crippen LogP contribution is 2.30. The molecule has 0 bridgehead atoms. The SMILES string of the molecule is O=[N+]([O-])c1ccc(NCCc2ncn[nH]2)c(C(F)F)c1. The molecule has 0 amide bonds. The molecule has 0 aliphatic heterocycles. The van der Waals surface area contributed by atoms with Gasteiger partial charge in [0.2, 0.25) is 0 Å². The van der Waals surface area contributed by atoms with Gasteiger partial charge in [-0.15, -0.1) is 0 Å². The summed E-state index contributed by atoms with van der Waals surface area (Å²) in [6, 6.07) is 3.34. The number of hydrogen-bond acceptors (Lipinski definition) is 5. The van der Waals surface area contributed by atoms with Crippen molar-refractivity contribution in [3.05, 3.63) is 46.0 Å². The van der Waals surface area contributed by atoms with E-state index in [9.17, 15) is 18.9 Å².